The number of carbonyl (C=O) groups is 1. The fraction of sp³-hybridized carbons (Fsp3) is 0.389. The molecular weight excluding hydrogens is 328 g/mol. The summed E-state index contributed by atoms with van der Waals surface area (Å²) < 4.78 is 5.21. The average molecular weight is 349 g/mol. The highest BCUT2D eigenvalue weighted by Crippen LogP contribution is 2.25. The zero-order chi connectivity index (χ0) is 17.1. The van der Waals surface area contributed by atoms with Crippen molar-refractivity contribution in [3.63, 3.8) is 0 Å². The zero-order valence-corrected chi connectivity index (χ0v) is 14.4. The molecule has 0 aliphatic carbocycles. The molecule has 0 radical (unpaired) electrons. The van der Waals surface area contributed by atoms with E-state index in [1.807, 2.05) is 25.1 Å². The van der Waals surface area contributed by atoms with Gasteiger partial charge in [-0.15, -0.1) is 0 Å². The molecule has 0 bridgehead atoms. The minimum Gasteiger partial charge on any atom is -0.461 e. The Morgan fingerprint density at radius 2 is 2.04 bits per heavy atom. The monoisotopic (exact) mass is 348 g/mol. The first-order chi connectivity index (χ1) is 11.6. The predicted molar refractivity (Wildman–Crippen MR) is 93.7 cm³/mol. The van der Waals surface area contributed by atoms with E-state index < -0.39 is 0 Å². The summed E-state index contributed by atoms with van der Waals surface area (Å²) in [5.74, 6) is 0.431. The van der Waals surface area contributed by atoms with E-state index in [4.69, 9.17) is 16.0 Å². The number of furan rings is 1. The molecule has 0 spiro atoms. The van der Waals surface area contributed by atoms with E-state index in [1.165, 1.54) is 6.26 Å². The molecule has 5 nitrogen and oxygen atoms in total. The number of hydrogen-bond donors (Lipinski definition) is 1. The minimum absolute atomic E-state index is 0.0174. The van der Waals surface area contributed by atoms with Gasteiger partial charge in [0.2, 0.25) is 5.78 Å². The highest BCUT2D eigenvalue weighted by Gasteiger charge is 2.27. The first kappa shape index (κ1) is 17.0. The fourth-order valence-electron chi connectivity index (χ4n) is 3.02. The summed E-state index contributed by atoms with van der Waals surface area (Å²) in [4.78, 5) is 16.8. The molecule has 1 fully saturated rings. The second-order valence-corrected chi connectivity index (χ2v) is 6.38. The fourth-order valence-corrected chi connectivity index (χ4v) is 3.25. The maximum Gasteiger partial charge on any atom is 0.214 e. The molecule has 1 aromatic carbocycles. The normalized spacial score (nSPS) is 17.0. The number of ketones is 1. The average Bonchev–Trinajstić information content (AvgIpc) is 3.15. The summed E-state index contributed by atoms with van der Waals surface area (Å²) in [6, 6.07) is 8.97. The minimum atomic E-state index is -0.196. The van der Waals surface area contributed by atoms with Gasteiger partial charge in [-0.25, -0.2) is 0 Å². The highest BCUT2D eigenvalue weighted by atomic mass is 35.5. The summed E-state index contributed by atoms with van der Waals surface area (Å²) in [6.45, 7) is 5.11. The number of Topliss-reactive ketones (excluding diaryl/α,β-unsaturated/α-hetero) is 1. The Morgan fingerprint density at radius 3 is 2.62 bits per heavy atom. The number of anilines is 1. The van der Waals surface area contributed by atoms with Gasteiger partial charge in [0.15, 0.2) is 5.76 Å². The van der Waals surface area contributed by atoms with E-state index in [0.717, 1.165) is 37.4 Å². The Balaban J connectivity index is 1.61. The molecule has 0 saturated carbocycles. The van der Waals surface area contributed by atoms with Crippen molar-refractivity contribution >= 4 is 23.1 Å². The van der Waals surface area contributed by atoms with Crippen LogP contribution in [0.5, 0.6) is 0 Å². The van der Waals surface area contributed by atoms with Crippen molar-refractivity contribution in [3.05, 3.63) is 52.9 Å². The summed E-state index contributed by atoms with van der Waals surface area (Å²) in [6.07, 6.45) is 1.53. The molecule has 1 aliphatic rings. The topological polar surface area (TPSA) is 56.9 Å². The third-order valence-electron chi connectivity index (χ3n) is 4.58. The van der Waals surface area contributed by atoms with Crippen molar-refractivity contribution < 1.29 is 14.3 Å². The number of aliphatic hydroxyl groups is 1. The third-order valence-corrected chi connectivity index (χ3v) is 4.93. The van der Waals surface area contributed by atoms with E-state index in [-0.39, 0.29) is 18.4 Å². The molecule has 1 saturated heterocycles. The molecule has 6 heteroatoms. The lowest BCUT2D eigenvalue weighted by Gasteiger charge is -2.38. The van der Waals surface area contributed by atoms with Crippen molar-refractivity contribution in [3.8, 4) is 0 Å². The van der Waals surface area contributed by atoms with Crippen molar-refractivity contribution in [2.75, 3.05) is 31.1 Å². The second-order valence-electron chi connectivity index (χ2n) is 5.97. The molecule has 0 amide bonds. The zero-order valence-electron chi connectivity index (χ0n) is 13.6. The lowest BCUT2D eigenvalue weighted by molar-refractivity contribution is 0.0801. The van der Waals surface area contributed by atoms with Crippen LogP contribution in [0.25, 0.3) is 0 Å². The van der Waals surface area contributed by atoms with Gasteiger partial charge in [-0.3, -0.25) is 9.69 Å². The van der Waals surface area contributed by atoms with Crippen molar-refractivity contribution in [2.24, 2.45) is 0 Å². The number of halogens is 1. The lowest BCUT2D eigenvalue weighted by Crippen LogP contribution is -2.51. The molecular formula is C18H21ClN2O3. The number of aliphatic hydroxyl groups excluding tert-OH is 1. The van der Waals surface area contributed by atoms with E-state index in [1.54, 1.807) is 12.1 Å². The maximum atomic E-state index is 12.4. The van der Waals surface area contributed by atoms with Crippen LogP contribution in [-0.2, 0) is 6.61 Å². The number of hydrogen-bond acceptors (Lipinski definition) is 5. The van der Waals surface area contributed by atoms with Crippen LogP contribution in [0.4, 0.5) is 5.69 Å². The molecule has 128 valence electrons. The highest BCUT2D eigenvalue weighted by molar-refractivity contribution is 6.31. The van der Waals surface area contributed by atoms with E-state index in [9.17, 15) is 9.90 Å². The molecule has 24 heavy (non-hydrogen) atoms. The Labute approximate surface area is 146 Å². The summed E-state index contributed by atoms with van der Waals surface area (Å²) in [5, 5.41) is 9.78. The number of nitrogens with zero attached hydrogens (tertiary/aromatic N) is 2. The Morgan fingerprint density at radius 1 is 1.29 bits per heavy atom. The smallest absolute Gasteiger partial charge is 0.214 e. The molecule has 1 aromatic heterocycles. The Kier molecular flexibility index (Phi) is 5.23. The molecule has 2 aromatic rings. The Bertz CT molecular complexity index is 694. The standard InChI is InChI=1S/C18H21ClN2O3/c1-13(18(23)17-3-2-10-24-17)20-6-8-21(9-7-20)15-5-4-14(12-22)16(19)11-15/h2-5,10-11,13,22H,6-9,12H2,1H3. The molecule has 2 heterocycles. The van der Waals surface area contributed by atoms with Gasteiger partial charge in [0, 0.05) is 36.9 Å². The summed E-state index contributed by atoms with van der Waals surface area (Å²) in [7, 11) is 0. The van der Waals surface area contributed by atoms with Crippen LogP contribution < -0.4 is 4.90 Å². The van der Waals surface area contributed by atoms with Gasteiger partial charge in [-0.1, -0.05) is 17.7 Å². The van der Waals surface area contributed by atoms with E-state index in [0.29, 0.717) is 10.8 Å². The van der Waals surface area contributed by atoms with Gasteiger partial charge in [-0.2, -0.15) is 0 Å². The van der Waals surface area contributed by atoms with Gasteiger partial charge in [0.25, 0.3) is 0 Å². The number of benzene rings is 1. The van der Waals surface area contributed by atoms with Gasteiger partial charge < -0.3 is 14.4 Å². The molecule has 1 N–H and O–H groups in total. The molecule has 1 unspecified atom stereocenters. The number of rotatable bonds is 5. The van der Waals surface area contributed by atoms with Crippen LogP contribution in [0.1, 0.15) is 23.0 Å². The number of carbonyl (C=O) groups excluding carboxylic acids is 1. The molecule has 1 atom stereocenters. The van der Waals surface area contributed by atoms with Gasteiger partial charge in [-0.05, 0) is 36.8 Å². The maximum absolute atomic E-state index is 12.4. The molecule has 1 aliphatic heterocycles. The number of piperazine rings is 1. The van der Waals surface area contributed by atoms with Crippen molar-refractivity contribution in [2.45, 2.75) is 19.6 Å². The predicted octanol–water partition coefficient (Wildman–Crippen LogP) is 2.82. The van der Waals surface area contributed by atoms with Gasteiger partial charge >= 0.3 is 0 Å². The van der Waals surface area contributed by atoms with Crippen LogP contribution in [0.15, 0.2) is 41.0 Å². The summed E-state index contributed by atoms with van der Waals surface area (Å²) >= 11 is 6.17. The SMILES string of the molecule is CC(C(=O)c1ccco1)N1CCN(c2ccc(CO)c(Cl)c2)CC1. The van der Waals surface area contributed by atoms with E-state index in [2.05, 4.69) is 9.80 Å². The second kappa shape index (κ2) is 7.38. The third kappa shape index (κ3) is 3.48. The largest absolute Gasteiger partial charge is 0.461 e. The summed E-state index contributed by atoms with van der Waals surface area (Å²) in [5.41, 5.74) is 1.78. The van der Waals surface area contributed by atoms with Gasteiger partial charge in [0.05, 0.1) is 18.9 Å². The first-order valence-electron chi connectivity index (χ1n) is 8.06. The first-order valence-corrected chi connectivity index (χ1v) is 8.44. The molecule has 3 rings (SSSR count). The lowest BCUT2D eigenvalue weighted by atomic mass is 10.1. The van der Waals surface area contributed by atoms with Crippen molar-refractivity contribution in [1.29, 1.82) is 0 Å². The van der Waals surface area contributed by atoms with Crippen LogP contribution in [0, 0.1) is 0 Å². The van der Waals surface area contributed by atoms with Crippen LogP contribution in [0.2, 0.25) is 5.02 Å². The quantitative estimate of drug-likeness (QED) is 0.842. The van der Waals surface area contributed by atoms with Crippen LogP contribution in [0.3, 0.4) is 0 Å². The van der Waals surface area contributed by atoms with Gasteiger partial charge in [0.1, 0.15) is 0 Å². The van der Waals surface area contributed by atoms with Crippen LogP contribution in [-0.4, -0.2) is 48.0 Å². The Hall–Kier alpha value is -1.82. The van der Waals surface area contributed by atoms with E-state index >= 15 is 0 Å². The van der Waals surface area contributed by atoms with Crippen LogP contribution >= 0.6 is 11.6 Å². The van der Waals surface area contributed by atoms with Crippen molar-refractivity contribution in [1.82, 2.24) is 4.90 Å².